The van der Waals surface area contributed by atoms with E-state index in [1.54, 1.807) is 23.2 Å². The molecule has 26 heavy (non-hydrogen) atoms. The fraction of sp³-hybridized carbons (Fsp3) is 0.353. The fourth-order valence-electron chi connectivity index (χ4n) is 2.91. The van der Waals surface area contributed by atoms with Crippen LogP contribution in [0.25, 0.3) is 34.0 Å². The van der Waals surface area contributed by atoms with Crippen molar-refractivity contribution in [2.24, 2.45) is 7.05 Å². The van der Waals surface area contributed by atoms with Gasteiger partial charge in [0.2, 0.25) is 16.9 Å². The van der Waals surface area contributed by atoms with Gasteiger partial charge in [0.25, 0.3) is 5.89 Å². The summed E-state index contributed by atoms with van der Waals surface area (Å²) in [5.41, 5.74) is 3.25. The van der Waals surface area contributed by atoms with Gasteiger partial charge >= 0.3 is 0 Å². The van der Waals surface area contributed by atoms with Crippen LogP contribution in [-0.4, -0.2) is 40.9 Å². The van der Waals surface area contributed by atoms with E-state index in [1.165, 1.54) is 0 Å². The predicted octanol–water partition coefficient (Wildman–Crippen LogP) is 1.38. The van der Waals surface area contributed by atoms with E-state index in [9.17, 15) is 5.11 Å². The molecule has 134 valence electrons. The van der Waals surface area contributed by atoms with Crippen LogP contribution in [0.5, 0.6) is 0 Å². The summed E-state index contributed by atoms with van der Waals surface area (Å²) in [6.45, 7) is 5.86. The number of aromatic nitrogens is 7. The van der Waals surface area contributed by atoms with E-state index in [2.05, 4.69) is 25.6 Å². The molecule has 0 aliphatic rings. The van der Waals surface area contributed by atoms with Crippen LogP contribution in [0.3, 0.4) is 0 Å². The van der Waals surface area contributed by atoms with Gasteiger partial charge in [0.1, 0.15) is 12.2 Å². The smallest absolute Gasteiger partial charge is 0.258 e. The maximum absolute atomic E-state index is 10.0. The van der Waals surface area contributed by atoms with Crippen LogP contribution in [0, 0.1) is 6.92 Å². The van der Waals surface area contributed by atoms with E-state index in [1.807, 2.05) is 38.4 Å². The second-order valence-electron chi connectivity index (χ2n) is 7.07. The Morgan fingerprint density at radius 3 is 2.85 bits per heavy atom. The second kappa shape index (κ2) is 5.73. The lowest BCUT2D eigenvalue weighted by Crippen LogP contribution is -2.46. The van der Waals surface area contributed by atoms with Crippen molar-refractivity contribution >= 4 is 11.0 Å². The molecule has 0 saturated carbocycles. The van der Waals surface area contributed by atoms with Crippen molar-refractivity contribution in [2.75, 3.05) is 0 Å². The van der Waals surface area contributed by atoms with E-state index >= 15 is 0 Å². The average Bonchev–Trinajstić information content (AvgIpc) is 3.25. The Bertz CT molecular complexity index is 1080. The van der Waals surface area contributed by atoms with Crippen molar-refractivity contribution in [3.63, 3.8) is 0 Å². The normalized spacial score (nSPS) is 12.2. The van der Waals surface area contributed by atoms with Gasteiger partial charge in [-0.25, -0.2) is 0 Å². The molecule has 0 radical (unpaired) electrons. The third-order valence-corrected chi connectivity index (χ3v) is 4.00. The van der Waals surface area contributed by atoms with E-state index in [-0.39, 0.29) is 0 Å². The molecular weight excluding hydrogens is 334 g/mol. The quantitative estimate of drug-likeness (QED) is 0.536. The van der Waals surface area contributed by atoms with Crippen LogP contribution in [0.2, 0.25) is 0 Å². The molecule has 9 heteroatoms. The Morgan fingerprint density at radius 1 is 1.35 bits per heavy atom. The Balaban J connectivity index is 1.68. The molecule has 4 aromatic rings. The van der Waals surface area contributed by atoms with Crippen LogP contribution in [0.1, 0.15) is 19.4 Å². The van der Waals surface area contributed by atoms with E-state index < -0.39 is 5.60 Å². The molecule has 0 atom stereocenters. The number of fused-ring (bicyclic) bond motifs is 1. The van der Waals surface area contributed by atoms with Gasteiger partial charge in [-0.15, -0.1) is 0 Å². The second-order valence-corrected chi connectivity index (χ2v) is 7.07. The molecule has 0 spiro atoms. The lowest BCUT2D eigenvalue weighted by Gasteiger charge is -2.12. The van der Waals surface area contributed by atoms with Gasteiger partial charge in [-0.1, -0.05) is 10.4 Å². The predicted molar refractivity (Wildman–Crippen MR) is 92.8 cm³/mol. The summed E-state index contributed by atoms with van der Waals surface area (Å²) in [6.07, 6.45) is 1.91. The maximum atomic E-state index is 10.0. The molecule has 9 nitrogen and oxygen atoms in total. The van der Waals surface area contributed by atoms with E-state index in [0.717, 1.165) is 22.2 Å². The monoisotopic (exact) mass is 354 g/mol. The third kappa shape index (κ3) is 2.97. The fourth-order valence-corrected chi connectivity index (χ4v) is 2.91. The number of nitrogens with one attached hydrogen (secondary N) is 1. The highest BCUT2D eigenvalue weighted by Gasteiger charge is 2.23. The number of aliphatic hydroxyl groups is 1. The molecule has 1 aromatic carbocycles. The van der Waals surface area contributed by atoms with Crippen molar-refractivity contribution in [1.29, 1.82) is 0 Å². The zero-order valence-corrected chi connectivity index (χ0v) is 15.1. The molecule has 0 aliphatic heterocycles. The van der Waals surface area contributed by atoms with Crippen molar-refractivity contribution in [3.8, 4) is 23.0 Å². The van der Waals surface area contributed by atoms with Crippen LogP contribution in [0.4, 0.5) is 0 Å². The number of nitrogens with zero attached hydrogens (tertiary/aromatic N) is 6. The number of aryl methyl sites for hydroxylation is 2. The number of hydrogen-bond donors (Lipinski definition) is 2. The van der Waals surface area contributed by atoms with Crippen molar-refractivity contribution in [3.05, 3.63) is 30.0 Å². The van der Waals surface area contributed by atoms with Crippen molar-refractivity contribution in [1.82, 2.24) is 30.2 Å². The summed E-state index contributed by atoms with van der Waals surface area (Å²) in [4.78, 5) is 4.46. The topological polar surface area (TPSA) is 110 Å². The largest absolute Gasteiger partial charge is 0.386 e. The highest BCUT2D eigenvalue weighted by Crippen LogP contribution is 2.24. The molecule has 0 bridgehead atoms. The minimum atomic E-state index is -0.843. The maximum Gasteiger partial charge on any atom is 0.258 e. The molecule has 0 aliphatic carbocycles. The molecule has 0 unspecified atom stereocenters. The Morgan fingerprint density at radius 2 is 2.15 bits per heavy atom. The van der Waals surface area contributed by atoms with Gasteiger partial charge < -0.3 is 9.63 Å². The van der Waals surface area contributed by atoms with Crippen LogP contribution < -0.4 is 4.68 Å². The van der Waals surface area contributed by atoms with Gasteiger partial charge in [-0.05, 0) is 38.5 Å². The highest BCUT2D eigenvalue weighted by atomic mass is 16.5. The van der Waals surface area contributed by atoms with Gasteiger partial charge in [0, 0.05) is 30.0 Å². The third-order valence-electron chi connectivity index (χ3n) is 4.00. The summed E-state index contributed by atoms with van der Waals surface area (Å²) in [7, 11) is 1.85. The first-order valence-electron chi connectivity index (χ1n) is 8.25. The van der Waals surface area contributed by atoms with Crippen LogP contribution in [-0.2, 0) is 13.6 Å². The molecule has 0 fully saturated rings. The molecule has 3 heterocycles. The minimum Gasteiger partial charge on any atom is -0.386 e. The zero-order valence-electron chi connectivity index (χ0n) is 15.1. The molecular formula is C17H20N7O2+. The lowest BCUT2D eigenvalue weighted by atomic mass is 10.1. The molecule has 4 rings (SSSR count). The summed E-state index contributed by atoms with van der Waals surface area (Å²) in [6, 6.07) is 5.67. The Kier molecular flexibility index (Phi) is 3.62. The average molecular weight is 354 g/mol. The minimum absolute atomic E-state index is 0.406. The van der Waals surface area contributed by atoms with Crippen molar-refractivity contribution in [2.45, 2.75) is 32.9 Å². The Hall–Kier alpha value is -3.07. The highest BCUT2D eigenvalue weighted by molar-refractivity contribution is 5.77. The zero-order chi connectivity index (χ0) is 18.5. The number of aromatic amines is 1. The summed E-state index contributed by atoms with van der Waals surface area (Å²) in [5.74, 6) is 0.862. The van der Waals surface area contributed by atoms with Crippen LogP contribution in [0.15, 0.2) is 28.9 Å². The SMILES string of the molecule is Cc1cn(C)nc1-c1noc(-c2ccc3c(c2)n[nH][n+]3CC(C)(C)O)n1. The first-order chi connectivity index (χ1) is 12.3. The first kappa shape index (κ1) is 16.4. The molecule has 0 amide bonds. The summed E-state index contributed by atoms with van der Waals surface area (Å²) >= 11 is 0. The van der Waals surface area contributed by atoms with Gasteiger partial charge in [-0.3, -0.25) is 4.68 Å². The summed E-state index contributed by atoms with van der Waals surface area (Å²) in [5, 5.41) is 25.6. The number of benzene rings is 1. The van der Waals surface area contributed by atoms with Gasteiger partial charge in [0.05, 0.1) is 5.60 Å². The van der Waals surface area contributed by atoms with Crippen molar-refractivity contribution < 1.29 is 14.3 Å². The Labute approximate surface area is 149 Å². The molecule has 0 saturated heterocycles. The van der Waals surface area contributed by atoms with Gasteiger partial charge in [-0.2, -0.15) is 14.8 Å². The van der Waals surface area contributed by atoms with E-state index in [4.69, 9.17) is 4.52 Å². The van der Waals surface area contributed by atoms with Gasteiger partial charge in [0.15, 0.2) is 0 Å². The number of rotatable bonds is 4. The summed E-state index contributed by atoms with van der Waals surface area (Å²) < 4.78 is 8.93. The lowest BCUT2D eigenvalue weighted by molar-refractivity contribution is -0.741. The first-order valence-corrected chi connectivity index (χ1v) is 8.25. The van der Waals surface area contributed by atoms with Crippen LogP contribution >= 0.6 is 0 Å². The number of hydrogen-bond acceptors (Lipinski definition) is 6. The standard InChI is InChI=1S/C17H19N7O2/c1-10-8-23(4)20-14(10)15-18-16(26-21-15)11-5-6-13-12(7-11)19-22-24(13)9-17(2,3)25/h5-8,25H,9H2,1-4H3/p+1. The number of H-pyrrole nitrogens is 1. The molecule has 3 aromatic heterocycles. The molecule has 2 N–H and O–H groups in total. The van der Waals surface area contributed by atoms with E-state index in [0.29, 0.717) is 24.0 Å².